The number of benzene rings is 2. The van der Waals surface area contributed by atoms with Crippen LogP contribution in [0.15, 0.2) is 45.3 Å². The van der Waals surface area contributed by atoms with E-state index in [2.05, 4.69) is 21.2 Å². The molecule has 0 aliphatic rings. The van der Waals surface area contributed by atoms with E-state index in [4.69, 9.17) is 18.6 Å². The summed E-state index contributed by atoms with van der Waals surface area (Å²) in [6.07, 6.45) is 0. The van der Waals surface area contributed by atoms with Gasteiger partial charge < -0.3 is 23.9 Å². The Hall–Kier alpha value is -3.00. The molecule has 1 aromatic heterocycles. The summed E-state index contributed by atoms with van der Waals surface area (Å²) >= 11 is 3.39. The van der Waals surface area contributed by atoms with Crippen LogP contribution in [0.5, 0.6) is 11.5 Å². The molecule has 3 aromatic rings. The molecule has 8 heteroatoms. The molecule has 0 bridgehead atoms. The predicted octanol–water partition coefficient (Wildman–Crippen LogP) is 4.32. The molecular formula is C20H18BrNO6. The number of fused-ring (bicyclic) bond motifs is 1. The number of anilines is 1. The van der Waals surface area contributed by atoms with Crippen LogP contribution in [0.25, 0.3) is 11.0 Å². The van der Waals surface area contributed by atoms with Crippen molar-refractivity contribution in [2.45, 2.75) is 6.92 Å². The van der Waals surface area contributed by atoms with Crippen LogP contribution in [0, 0.1) is 6.92 Å². The van der Waals surface area contributed by atoms with Crippen LogP contribution in [0.4, 0.5) is 5.69 Å². The SMILES string of the molecule is COc1ccc(NC(=O)COC(=O)c2oc3ccc(Br)cc3c2C)cc1OC. The number of hydrogen-bond donors (Lipinski definition) is 1. The number of amides is 1. The van der Waals surface area contributed by atoms with Crippen molar-refractivity contribution >= 4 is 44.5 Å². The second-order valence-corrected chi connectivity index (χ2v) is 6.81. The summed E-state index contributed by atoms with van der Waals surface area (Å²) in [5, 5.41) is 3.44. The second-order valence-electron chi connectivity index (χ2n) is 5.89. The van der Waals surface area contributed by atoms with E-state index in [-0.39, 0.29) is 5.76 Å². The predicted molar refractivity (Wildman–Crippen MR) is 107 cm³/mol. The zero-order valence-corrected chi connectivity index (χ0v) is 17.1. The molecule has 0 radical (unpaired) electrons. The number of ether oxygens (including phenoxy) is 3. The first-order valence-corrected chi connectivity index (χ1v) is 9.10. The number of furan rings is 1. The second kappa shape index (κ2) is 8.35. The molecule has 2 aromatic carbocycles. The molecule has 3 rings (SSSR count). The zero-order chi connectivity index (χ0) is 20.3. The van der Waals surface area contributed by atoms with Gasteiger partial charge in [-0.25, -0.2) is 4.79 Å². The van der Waals surface area contributed by atoms with Gasteiger partial charge in [0.2, 0.25) is 5.76 Å². The quantitative estimate of drug-likeness (QED) is 0.566. The van der Waals surface area contributed by atoms with Crippen molar-refractivity contribution in [3.63, 3.8) is 0 Å². The lowest BCUT2D eigenvalue weighted by atomic mass is 10.1. The Morgan fingerprint density at radius 2 is 1.82 bits per heavy atom. The molecule has 7 nitrogen and oxygen atoms in total. The lowest BCUT2D eigenvalue weighted by Crippen LogP contribution is -2.21. The van der Waals surface area contributed by atoms with Gasteiger partial charge in [0.15, 0.2) is 18.1 Å². The minimum atomic E-state index is -0.702. The summed E-state index contributed by atoms with van der Waals surface area (Å²) in [7, 11) is 3.02. The lowest BCUT2D eigenvalue weighted by molar-refractivity contribution is -0.119. The highest BCUT2D eigenvalue weighted by Gasteiger charge is 2.20. The first kappa shape index (κ1) is 19.8. The van der Waals surface area contributed by atoms with Gasteiger partial charge in [0.1, 0.15) is 5.58 Å². The lowest BCUT2D eigenvalue weighted by Gasteiger charge is -2.10. The van der Waals surface area contributed by atoms with E-state index in [1.807, 2.05) is 12.1 Å². The van der Waals surface area contributed by atoms with Gasteiger partial charge in [-0.15, -0.1) is 0 Å². The Morgan fingerprint density at radius 3 is 2.54 bits per heavy atom. The molecule has 0 aliphatic heterocycles. The van der Waals surface area contributed by atoms with Crippen LogP contribution in [0.1, 0.15) is 16.1 Å². The van der Waals surface area contributed by atoms with Gasteiger partial charge in [-0.05, 0) is 37.3 Å². The number of methoxy groups -OCH3 is 2. The Morgan fingerprint density at radius 1 is 1.07 bits per heavy atom. The highest BCUT2D eigenvalue weighted by atomic mass is 79.9. The van der Waals surface area contributed by atoms with Crippen molar-refractivity contribution in [2.24, 2.45) is 0 Å². The van der Waals surface area contributed by atoms with Gasteiger partial charge in [-0.2, -0.15) is 0 Å². The van der Waals surface area contributed by atoms with E-state index in [1.54, 1.807) is 31.2 Å². The Labute approximate surface area is 169 Å². The molecule has 0 saturated heterocycles. The molecule has 0 aliphatic carbocycles. The van der Waals surface area contributed by atoms with E-state index >= 15 is 0 Å². The van der Waals surface area contributed by atoms with Crippen molar-refractivity contribution in [1.82, 2.24) is 0 Å². The normalized spacial score (nSPS) is 10.6. The summed E-state index contributed by atoms with van der Waals surface area (Å²) < 4.78 is 21.9. The number of hydrogen-bond acceptors (Lipinski definition) is 6. The van der Waals surface area contributed by atoms with E-state index < -0.39 is 18.5 Å². The van der Waals surface area contributed by atoms with E-state index in [0.717, 1.165) is 9.86 Å². The van der Waals surface area contributed by atoms with Gasteiger partial charge in [-0.3, -0.25) is 4.79 Å². The van der Waals surface area contributed by atoms with Crippen LogP contribution >= 0.6 is 15.9 Å². The van der Waals surface area contributed by atoms with Crippen molar-refractivity contribution in [1.29, 1.82) is 0 Å². The molecule has 146 valence electrons. The third-order valence-electron chi connectivity index (χ3n) is 4.09. The molecular weight excluding hydrogens is 430 g/mol. The largest absolute Gasteiger partial charge is 0.493 e. The first-order chi connectivity index (χ1) is 13.4. The number of nitrogens with one attached hydrogen (secondary N) is 1. The van der Waals surface area contributed by atoms with Crippen LogP contribution < -0.4 is 14.8 Å². The minimum Gasteiger partial charge on any atom is -0.493 e. The van der Waals surface area contributed by atoms with Crippen LogP contribution in [0.2, 0.25) is 0 Å². The molecule has 0 atom stereocenters. The first-order valence-electron chi connectivity index (χ1n) is 8.30. The van der Waals surface area contributed by atoms with Crippen LogP contribution in [0.3, 0.4) is 0 Å². The highest BCUT2D eigenvalue weighted by Crippen LogP contribution is 2.30. The Bertz CT molecular complexity index is 1040. The topological polar surface area (TPSA) is 87.0 Å². The van der Waals surface area contributed by atoms with Gasteiger partial charge in [-0.1, -0.05) is 15.9 Å². The minimum absolute atomic E-state index is 0.0759. The Balaban J connectivity index is 1.65. The number of halogens is 1. The summed E-state index contributed by atoms with van der Waals surface area (Å²) in [4.78, 5) is 24.4. The fraction of sp³-hybridized carbons (Fsp3) is 0.200. The van der Waals surface area contributed by atoms with Crippen LogP contribution in [-0.4, -0.2) is 32.7 Å². The molecule has 0 fully saturated rings. The fourth-order valence-corrected chi connectivity index (χ4v) is 3.06. The van der Waals surface area contributed by atoms with Gasteiger partial charge in [0.25, 0.3) is 5.91 Å². The summed E-state index contributed by atoms with van der Waals surface area (Å²) in [5.41, 5.74) is 1.72. The van der Waals surface area contributed by atoms with Gasteiger partial charge in [0.05, 0.1) is 14.2 Å². The average Bonchev–Trinajstić information content (AvgIpc) is 3.02. The summed E-state index contributed by atoms with van der Waals surface area (Å²) in [5.74, 6) is -0.100. The van der Waals surface area contributed by atoms with Gasteiger partial charge in [0, 0.05) is 27.2 Å². The van der Waals surface area contributed by atoms with Crippen molar-refractivity contribution in [3.05, 3.63) is 52.2 Å². The number of aryl methyl sites for hydroxylation is 1. The van der Waals surface area contributed by atoms with Gasteiger partial charge >= 0.3 is 5.97 Å². The van der Waals surface area contributed by atoms with E-state index in [9.17, 15) is 9.59 Å². The molecule has 28 heavy (non-hydrogen) atoms. The van der Waals surface area contributed by atoms with E-state index in [0.29, 0.717) is 28.3 Å². The zero-order valence-electron chi connectivity index (χ0n) is 15.5. The Kier molecular flexibility index (Phi) is 5.89. The highest BCUT2D eigenvalue weighted by molar-refractivity contribution is 9.10. The number of carbonyl (C=O) groups excluding carboxylic acids is 2. The molecule has 0 saturated carbocycles. The standard InChI is InChI=1S/C20H18BrNO6/c1-11-14-8-12(21)4-6-15(14)28-19(11)20(24)27-10-18(23)22-13-5-7-16(25-2)17(9-13)26-3/h4-9H,10H2,1-3H3,(H,22,23). The number of esters is 1. The third kappa shape index (κ3) is 4.12. The molecule has 0 unspecified atom stereocenters. The van der Waals surface area contributed by atoms with Crippen molar-refractivity contribution in [2.75, 3.05) is 26.1 Å². The summed E-state index contributed by atoms with van der Waals surface area (Å²) in [6, 6.07) is 10.4. The van der Waals surface area contributed by atoms with Crippen molar-refractivity contribution < 1.29 is 28.2 Å². The summed E-state index contributed by atoms with van der Waals surface area (Å²) in [6.45, 7) is 1.31. The average molecular weight is 448 g/mol. The van der Waals surface area contributed by atoms with E-state index in [1.165, 1.54) is 14.2 Å². The maximum absolute atomic E-state index is 12.3. The molecule has 1 amide bonds. The molecule has 1 heterocycles. The smallest absolute Gasteiger partial charge is 0.375 e. The third-order valence-corrected chi connectivity index (χ3v) is 4.58. The maximum Gasteiger partial charge on any atom is 0.375 e. The van der Waals surface area contributed by atoms with Crippen LogP contribution in [-0.2, 0) is 9.53 Å². The van der Waals surface area contributed by atoms with Crippen molar-refractivity contribution in [3.8, 4) is 11.5 Å². The number of carbonyl (C=O) groups is 2. The molecule has 1 N–H and O–H groups in total. The monoisotopic (exact) mass is 447 g/mol. The fourth-order valence-electron chi connectivity index (χ4n) is 2.70. The maximum atomic E-state index is 12.3. The number of rotatable bonds is 6. The molecule has 0 spiro atoms.